The van der Waals surface area contributed by atoms with Gasteiger partial charge in [-0.25, -0.2) is 4.79 Å². The van der Waals surface area contributed by atoms with Crippen LogP contribution in [-0.4, -0.2) is 11.9 Å². The summed E-state index contributed by atoms with van der Waals surface area (Å²) in [6, 6.07) is 10.1. The molecule has 2 nitrogen and oxygen atoms in total. The standard InChI is InChI=1S/C12H14O2S/c1-10(2)12(13)14-9-15-8-11-6-4-3-5-7-11/h3-7H,1,8-9H2,2H3. The second-order valence-electron chi connectivity index (χ2n) is 3.16. The molecule has 0 aliphatic rings. The normalized spacial score (nSPS) is 9.67. The van der Waals surface area contributed by atoms with E-state index in [1.807, 2.05) is 30.3 Å². The second-order valence-corrected chi connectivity index (χ2v) is 4.10. The average molecular weight is 222 g/mol. The number of rotatable bonds is 5. The number of benzene rings is 1. The lowest BCUT2D eigenvalue weighted by atomic mass is 10.2. The van der Waals surface area contributed by atoms with E-state index < -0.39 is 0 Å². The van der Waals surface area contributed by atoms with Crippen LogP contribution in [0.3, 0.4) is 0 Å². The van der Waals surface area contributed by atoms with Crippen LogP contribution in [-0.2, 0) is 15.3 Å². The first-order chi connectivity index (χ1) is 7.20. The van der Waals surface area contributed by atoms with Gasteiger partial charge in [-0.2, -0.15) is 0 Å². The van der Waals surface area contributed by atoms with Crippen molar-refractivity contribution >= 4 is 17.7 Å². The van der Waals surface area contributed by atoms with Crippen molar-refractivity contribution < 1.29 is 9.53 Å². The molecule has 1 aromatic carbocycles. The van der Waals surface area contributed by atoms with Crippen LogP contribution < -0.4 is 0 Å². The molecule has 0 radical (unpaired) electrons. The van der Waals surface area contributed by atoms with E-state index in [2.05, 4.69) is 6.58 Å². The summed E-state index contributed by atoms with van der Waals surface area (Å²) in [5, 5.41) is 0. The van der Waals surface area contributed by atoms with Gasteiger partial charge in [0.15, 0.2) is 0 Å². The summed E-state index contributed by atoms with van der Waals surface area (Å²) in [6.07, 6.45) is 0. The predicted octanol–water partition coefficient (Wildman–Crippen LogP) is 3.00. The molecule has 0 aliphatic heterocycles. The van der Waals surface area contributed by atoms with E-state index in [1.54, 1.807) is 18.7 Å². The molecule has 0 unspecified atom stereocenters. The molecule has 0 amide bonds. The highest BCUT2D eigenvalue weighted by molar-refractivity contribution is 7.98. The summed E-state index contributed by atoms with van der Waals surface area (Å²) in [4.78, 5) is 11.0. The van der Waals surface area contributed by atoms with Crippen molar-refractivity contribution in [2.75, 3.05) is 5.94 Å². The molecule has 0 fully saturated rings. The molecule has 0 N–H and O–H groups in total. The van der Waals surface area contributed by atoms with Gasteiger partial charge < -0.3 is 4.74 Å². The molecule has 0 aliphatic carbocycles. The molecule has 1 rings (SSSR count). The van der Waals surface area contributed by atoms with Gasteiger partial charge in [0.2, 0.25) is 0 Å². The number of hydrogen-bond acceptors (Lipinski definition) is 3. The Morgan fingerprint density at radius 3 is 2.67 bits per heavy atom. The minimum absolute atomic E-state index is 0.324. The minimum atomic E-state index is -0.324. The number of carbonyl (C=O) groups is 1. The first-order valence-electron chi connectivity index (χ1n) is 4.64. The van der Waals surface area contributed by atoms with Crippen LogP contribution in [0.2, 0.25) is 0 Å². The monoisotopic (exact) mass is 222 g/mol. The summed E-state index contributed by atoms with van der Waals surface area (Å²) >= 11 is 1.57. The molecule has 0 heterocycles. The van der Waals surface area contributed by atoms with Crippen LogP contribution in [0.4, 0.5) is 0 Å². The quantitative estimate of drug-likeness (QED) is 0.331. The van der Waals surface area contributed by atoms with Gasteiger partial charge in [0.1, 0.15) is 5.94 Å². The van der Waals surface area contributed by atoms with E-state index in [4.69, 9.17) is 4.74 Å². The predicted molar refractivity (Wildman–Crippen MR) is 63.5 cm³/mol. The Balaban J connectivity index is 2.18. The summed E-state index contributed by atoms with van der Waals surface area (Å²) in [7, 11) is 0. The maximum absolute atomic E-state index is 11.0. The fourth-order valence-electron chi connectivity index (χ4n) is 0.952. The number of carbonyl (C=O) groups excluding carboxylic acids is 1. The number of hydrogen-bond donors (Lipinski definition) is 0. The van der Waals surface area contributed by atoms with Crippen molar-refractivity contribution in [3.8, 4) is 0 Å². The van der Waals surface area contributed by atoms with Gasteiger partial charge in [-0.1, -0.05) is 36.9 Å². The first kappa shape index (κ1) is 11.9. The largest absolute Gasteiger partial charge is 0.451 e. The van der Waals surface area contributed by atoms with E-state index in [-0.39, 0.29) is 5.97 Å². The van der Waals surface area contributed by atoms with E-state index >= 15 is 0 Å². The van der Waals surface area contributed by atoms with Crippen LogP contribution in [0.5, 0.6) is 0 Å². The van der Waals surface area contributed by atoms with Crippen LogP contribution in [0.25, 0.3) is 0 Å². The van der Waals surface area contributed by atoms with E-state index in [1.165, 1.54) is 5.56 Å². The van der Waals surface area contributed by atoms with Gasteiger partial charge in [-0.15, -0.1) is 11.8 Å². The number of thioether (sulfide) groups is 1. The Kier molecular flexibility index (Phi) is 4.98. The smallest absolute Gasteiger partial charge is 0.333 e. The molecule has 80 valence electrons. The Hall–Kier alpha value is -1.22. The molecule has 0 bridgehead atoms. The zero-order chi connectivity index (χ0) is 11.1. The summed E-state index contributed by atoms with van der Waals surface area (Å²) < 4.78 is 4.95. The van der Waals surface area contributed by atoms with Crippen molar-refractivity contribution in [1.29, 1.82) is 0 Å². The van der Waals surface area contributed by atoms with Crippen LogP contribution >= 0.6 is 11.8 Å². The topological polar surface area (TPSA) is 26.3 Å². The highest BCUT2D eigenvalue weighted by atomic mass is 32.2. The molecule has 0 spiro atoms. The van der Waals surface area contributed by atoms with Crippen molar-refractivity contribution in [2.45, 2.75) is 12.7 Å². The summed E-state index contributed by atoms with van der Waals surface area (Å²) in [6.45, 7) is 5.15. The lowest BCUT2D eigenvalue weighted by Crippen LogP contribution is -2.04. The highest BCUT2D eigenvalue weighted by Crippen LogP contribution is 2.12. The number of ether oxygens (including phenoxy) is 1. The SMILES string of the molecule is C=C(C)C(=O)OCSCc1ccccc1. The first-order valence-corrected chi connectivity index (χ1v) is 5.80. The zero-order valence-electron chi connectivity index (χ0n) is 8.73. The van der Waals surface area contributed by atoms with Crippen LogP contribution in [0, 0.1) is 0 Å². The molecule has 0 aromatic heterocycles. The molecular weight excluding hydrogens is 208 g/mol. The average Bonchev–Trinajstić information content (AvgIpc) is 2.25. The van der Waals surface area contributed by atoms with Gasteiger partial charge in [0.05, 0.1) is 0 Å². The van der Waals surface area contributed by atoms with Crippen molar-refractivity contribution in [1.82, 2.24) is 0 Å². The fourth-order valence-corrected chi connectivity index (χ4v) is 1.65. The molecule has 1 aromatic rings. The zero-order valence-corrected chi connectivity index (χ0v) is 9.55. The molecular formula is C12H14O2S. The van der Waals surface area contributed by atoms with E-state index in [9.17, 15) is 4.79 Å². The lowest BCUT2D eigenvalue weighted by Gasteiger charge is -2.03. The number of esters is 1. The van der Waals surface area contributed by atoms with Crippen LogP contribution in [0.1, 0.15) is 12.5 Å². The van der Waals surface area contributed by atoms with Crippen molar-refractivity contribution in [2.24, 2.45) is 0 Å². The minimum Gasteiger partial charge on any atom is -0.451 e. The second kappa shape index (κ2) is 6.30. The molecule has 0 saturated carbocycles. The van der Waals surface area contributed by atoms with Gasteiger partial charge >= 0.3 is 5.97 Å². The lowest BCUT2D eigenvalue weighted by molar-refractivity contribution is -0.136. The van der Waals surface area contributed by atoms with E-state index in [0.29, 0.717) is 11.5 Å². The molecule has 0 saturated heterocycles. The maximum atomic E-state index is 11.0. The van der Waals surface area contributed by atoms with Crippen molar-refractivity contribution in [3.63, 3.8) is 0 Å². The van der Waals surface area contributed by atoms with Gasteiger partial charge in [-0.05, 0) is 12.5 Å². The summed E-state index contributed by atoms with van der Waals surface area (Å²) in [5.74, 6) is 0.904. The maximum Gasteiger partial charge on any atom is 0.333 e. The Morgan fingerprint density at radius 2 is 2.07 bits per heavy atom. The molecule has 15 heavy (non-hydrogen) atoms. The Labute approximate surface area is 94.3 Å². The van der Waals surface area contributed by atoms with Gasteiger partial charge in [0.25, 0.3) is 0 Å². The Bertz CT molecular complexity index is 333. The Morgan fingerprint density at radius 1 is 1.40 bits per heavy atom. The van der Waals surface area contributed by atoms with Gasteiger partial charge in [0, 0.05) is 11.3 Å². The highest BCUT2D eigenvalue weighted by Gasteiger charge is 2.01. The fraction of sp³-hybridized carbons (Fsp3) is 0.250. The molecule has 3 heteroatoms. The molecule has 0 atom stereocenters. The third-order valence-corrected chi connectivity index (χ3v) is 2.56. The van der Waals surface area contributed by atoms with E-state index in [0.717, 1.165) is 5.75 Å². The summed E-state index contributed by atoms with van der Waals surface area (Å²) in [5.41, 5.74) is 1.67. The van der Waals surface area contributed by atoms with Gasteiger partial charge in [-0.3, -0.25) is 0 Å². The third kappa shape index (κ3) is 4.70. The van der Waals surface area contributed by atoms with Crippen molar-refractivity contribution in [3.05, 3.63) is 48.0 Å². The third-order valence-electron chi connectivity index (χ3n) is 1.73. The van der Waals surface area contributed by atoms with Crippen LogP contribution in [0.15, 0.2) is 42.5 Å².